The third-order valence-corrected chi connectivity index (χ3v) is 25.1. The fourth-order valence-corrected chi connectivity index (χ4v) is 16.2. The molecule has 14 rings (SSSR count). The Labute approximate surface area is 754 Å². The van der Waals surface area contributed by atoms with Gasteiger partial charge in [-0.15, -0.1) is 0 Å². The summed E-state index contributed by atoms with van der Waals surface area (Å²) in [5.41, 5.74) is 17.3. The Bertz CT molecular complexity index is 4950. The maximum atomic E-state index is 14.5. The van der Waals surface area contributed by atoms with Gasteiger partial charge in [-0.05, 0) is 125 Å². The van der Waals surface area contributed by atoms with Crippen molar-refractivity contribution < 1.29 is 68.9 Å². The molecule has 0 bridgehead atoms. The van der Waals surface area contributed by atoms with Crippen molar-refractivity contribution in [3.8, 4) is 23.0 Å². The van der Waals surface area contributed by atoms with E-state index in [1.807, 2.05) is 158 Å². The van der Waals surface area contributed by atoms with Gasteiger partial charge in [0.05, 0.1) is 26.4 Å². The molecule has 0 amide bonds. The zero-order valence-corrected chi connectivity index (χ0v) is 81.1. The second-order valence-corrected chi connectivity index (χ2v) is 36.3. The number of ether oxygens (including phenoxy) is 2. The summed E-state index contributed by atoms with van der Waals surface area (Å²) in [6.45, 7) is 39.0. The van der Waals surface area contributed by atoms with Crippen LogP contribution in [0.5, 0.6) is 23.0 Å². The van der Waals surface area contributed by atoms with Crippen LogP contribution >= 0.6 is 0 Å². The van der Waals surface area contributed by atoms with Crippen molar-refractivity contribution in [2.75, 3.05) is 0 Å². The molecule has 616 valence electrons. The van der Waals surface area contributed by atoms with Crippen molar-refractivity contribution in [1.82, 2.24) is 0 Å². The number of rotatable bonds is 24. The minimum absolute atomic E-state index is 0. The van der Waals surface area contributed by atoms with E-state index in [1.165, 1.54) is 11.1 Å². The fraction of sp³-hybridized carbons (Fsp3) is 0.263. The quantitative estimate of drug-likeness (QED) is 0.0557. The van der Waals surface area contributed by atoms with Gasteiger partial charge in [0.1, 0.15) is 0 Å². The molecule has 0 N–H and O–H groups in total. The summed E-state index contributed by atoms with van der Waals surface area (Å²) in [4.78, 5) is 0. The Balaban J connectivity index is 0.000000234. The molecule has 6 nitrogen and oxygen atoms in total. The molecule has 0 radical (unpaired) electrons. The first-order valence-corrected chi connectivity index (χ1v) is 42.1. The first kappa shape index (κ1) is 95.3. The third kappa shape index (κ3) is 22.1. The summed E-state index contributed by atoms with van der Waals surface area (Å²) < 4.78 is 12.9. The molecule has 0 saturated heterocycles. The number of hydrogen-bond acceptors (Lipinski definition) is 6. The monoisotopic (exact) mass is 1710 g/mol. The number of benzene rings is 14. The zero-order chi connectivity index (χ0) is 86.3. The second kappa shape index (κ2) is 41.1. The van der Waals surface area contributed by atoms with Crippen molar-refractivity contribution in [3.63, 3.8) is 0 Å². The second-order valence-electron chi connectivity index (χ2n) is 36.3. The van der Waals surface area contributed by atoms with Crippen LogP contribution in [0.1, 0.15) is 233 Å². The van der Waals surface area contributed by atoms with Gasteiger partial charge in [0.2, 0.25) is 0 Å². The zero-order valence-electron chi connectivity index (χ0n) is 75.2. The molecule has 14 aromatic rings. The van der Waals surface area contributed by atoms with E-state index in [-0.39, 0.29) is 110 Å². The minimum Gasteiger partial charge on any atom is -0.872 e. The standard InChI is InChI=1S/2C50H54O3.2C7H8.2Zn/c2*1-47(2,37-21-13-9-14-22-37)41-29-35(45(51)43(31-41)49(5,6)39-25-17-11-18-26-39)33-53-34-36-30-42(48(3,4)38-23-15-10-16-24-38)32-44(46(36)52)50(7,8)40-27-19-12-20-28-40;2*1-7-5-3-2-4-6-7;;/h2*9-32,51-52H,33-34H2,1-8H3;2*2-6H,1H3;;/q;;;;2*+2/p-4. The van der Waals surface area contributed by atoms with Crippen LogP contribution in [0, 0.1) is 13.8 Å². The molecule has 0 aliphatic heterocycles. The molecular weight excluding hydrogens is 1600 g/mol. The van der Waals surface area contributed by atoms with Crippen molar-refractivity contribution in [2.45, 2.75) is 194 Å². The van der Waals surface area contributed by atoms with E-state index in [1.54, 1.807) is 0 Å². The van der Waals surface area contributed by atoms with Crippen LogP contribution in [0.25, 0.3) is 0 Å². The van der Waals surface area contributed by atoms with Crippen molar-refractivity contribution in [2.24, 2.45) is 0 Å². The van der Waals surface area contributed by atoms with Crippen molar-refractivity contribution in [1.29, 1.82) is 0 Å². The van der Waals surface area contributed by atoms with E-state index in [4.69, 9.17) is 9.47 Å². The normalized spacial score (nSPS) is 11.9. The predicted octanol–water partition coefficient (Wildman–Crippen LogP) is 25.7. The summed E-state index contributed by atoms with van der Waals surface area (Å²) in [6.07, 6.45) is 0. The van der Waals surface area contributed by atoms with Gasteiger partial charge in [0.25, 0.3) is 0 Å². The van der Waals surface area contributed by atoms with E-state index in [0.717, 1.165) is 89.0 Å². The summed E-state index contributed by atoms with van der Waals surface area (Å²) >= 11 is 0. The van der Waals surface area contributed by atoms with E-state index >= 15 is 0 Å². The summed E-state index contributed by atoms with van der Waals surface area (Å²) in [5, 5.41) is 57.8. The van der Waals surface area contributed by atoms with Crippen molar-refractivity contribution >= 4 is 0 Å². The van der Waals surface area contributed by atoms with Gasteiger partial charge in [-0.3, -0.25) is 0 Å². The molecule has 14 aromatic carbocycles. The van der Waals surface area contributed by atoms with Crippen LogP contribution in [0.4, 0.5) is 0 Å². The molecule has 0 atom stereocenters. The summed E-state index contributed by atoms with van der Waals surface area (Å²) in [5.74, 6) is -0.116. The van der Waals surface area contributed by atoms with E-state index in [9.17, 15) is 20.4 Å². The molecule has 0 saturated carbocycles. The van der Waals surface area contributed by atoms with Gasteiger partial charge in [-0.2, -0.15) is 0 Å². The van der Waals surface area contributed by atoms with Gasteiger partial charge in [-0.1, -0.05) is 497 Å². The predicted molar refractivity (Wildman–Crippen MR) is 491 cm³/mol. The van der Waals surface area contributed by atoms with Crippen LogP contribution < -0.4 is 20.4 Å². The maximum absolute atomic E-state index is 14.5. The average Bonchev–Trinajstić information content (AvgIpc) is 0.769. The number of hydrogen-bond donors (Lipinski definition) is 0. The SMILES string of the molecule is CC(C)(c1ccccc1)c1cc(COCc2cc(C(C)(C)c3ccccc3)cc(C(C)(C)c3ccccc3)c2[O-])c([O-])c(C(C)(C)c2ccccc2)c1.CC(C)(c1ccccc1)c1cc(COCc2cc(C(C)(C)c3ccccc3)cc(C(C)(C)c3ccccc3)c2[O-])c([O-])c(C(C)(C)c2ccccc2)c1.Cc1ccccc1.Cc1ccccc1.[Zn+2].[Zn+2]. The van der Waals surface area contributed by atoms with Gasteiger partial charge in [0.15, 0.2) is 0 Å². The minimum atomic E-state index is -0.548. The van der Waals surface area contributed by atoms with Crippen LogP contribution in [0.2, 0.25) is 0 Å². The number of aryl methyl sites for hydroxylation is 2. The molecule has 0 spiro atoms. The van der Waals surface area contributed by atoms with Crippen LogP contribution in [0.3, 0.4) is 0 Å². The van der Waals surface area contributed by atoms with Gasteiger partial charge >= 0.3 is 39.0 Å². The Morgan fingerprint density at radius 2 is 0.311 bits per heavy atom. The van der Waals surface area contributed by atoms with Gasteiger partial charge < -0.3 is 29.9 Å². The topological polar surface area (TPSA) is 111 Å². The first-order valence-electron chi connectivity index (χ1n) is 42.1. The average molecular weight is 1720 g/mol. The fourth-order valence-electron chi connectivity index (χ4n) is 16.2. The third-order valence-electron chi connectivity index (χ3n) is 25.1. The largest absolute Gasteiger partial charge is 2.00 e. The molecular formula is C114H120O6Zn2. The maximum Gasteiger partial charge on any atom is 2.00 e. The van der Waals surface area contributed by atoms with Gasteiger partial charge in [0, 0.05) is 43.3 Å². The molecule has 0 unspecified atom stereocenters. The van der Waals surface area contributed by atoms with E-state index < -0.39 is 21.7 Å². The van der Waals surface area contributed by atoms with Crippen molar-refractivity contribution in [3.05, 3.63) is 474 Å². The first-order chi connectivity index (χ1) is 57.1. The smallest absolute Gasteiger partial charge is 0.872 e. The molecule has 0 aliphatic rings. The molecule has 8 heteroatoms. The molecule has 0 aromatic heterocycles. The Morgan fingerprint density at radius 3 is 0.443 bits per heavy atom. The van der Waals surface area contributed by atoms with Crippen LogP contribution in [0.15, 0.2) is 352 Å². The molecule has 0 aliphatic carbocycles. The van der Waals surface area contributed by atoms with E-state index in [0.29, 0.717) is 22.3 Å². The van der Waals surface area contributed by atoms with Crippen LogP contribution in [-0.2, 0) is 118 Å². The Hall–Kier alpha value is -10.6. The Kier molecular flexibility index (Phi) is 32.1. The summed E-state index contributed by atoms with van der Waals surface area (Å²) in [7, 11) is 0. The van der Waals surface area contributed by atoms with E-state index in [2.05, 4.69) is 319 Å². The Morgan fingerprint density at radius 1 is 0.180 bits per heavy atom. The van der Waals surface area contributed by atoms with Crippen LogP contribution in [-0.4, -0.2) is 0 Å². The molecule has 122 heavy (non-hydrogen) atoms. The molecule has 0 heterocycles. The van der Waals surface area contributed by atoms with Gasteiger partial charge in [-0.25, -0.2) is 0 Å². The molecule has 0 fully saturated rings. The summed E-state index contributed by atoms with van der Waals surface area (Å²) in [6, 6.07) is 119.